The summed E-state index contributed by atoms with van der Waals surface area (Å²) in [5, 5.41) is 0. The highest BCUT2D eigenvalue weighted by molar-refractivity contribution is 5.92. The molecular formula is C22H25NO5. The van der Waals surface area contributed by atoms with Gasteiger partial charge in [0, 0.05) is 26.3 Å². The van der Waals surface area contributed by atoms with Gasteiger partial charge >= 0.3 is 0 Å². The van der Waals surface area contributed by atoms with E-state index in [-0.39, 0.29) is 5.91 Å². The van der Waals surface area contributed by atoms with Crippen molar-refractivity contribution in [3.63, 3.8) is 0 Å². The minimum Gasteiger partial charge on any atom is -0.493 e. The average molecular weight is 383 g/mol. The zero-order valence-electron chi connectivity index (χ0n) is 16.2. The smallest absolute Gasteiger partial charge is 0.246 e. The third kappa shape index (κ3) is 5.04. The number of fused-ring (bicyclic) bond motifs is 1. The molecule has 0 atom stereocenters. The number of hydrogen-bond donors (Lipinski definition) is 0. The Labute approximate surface area is 165 Å². The van der Waals surface area contributed by atoms with Crippen molar-refractivity contribution < 1.29 is 23.7 Å². The zero-order chi connectivity index (χ0) is 19.8. The van der Waals surface area contributed by atoms with E-state index < -0.39 is 0 Å². The lowest BCUT2D eigenvalue weighted by Gasteiger charge is -2.22. The molecule has 0 aliphatic carbocycles. The van der Waals surface area contributed by atoms with Crippen LogP contribution < -0.4 is 14.2 Å². The van der Waals surface area contributed by atoms with Crippen LogP contribution >= 0.6 is 0 Å². The molecule has 6 heteroatoms. The van der Waals surface area contributed by atoms with Crippen LogP contribution in [-0.2, 0) is 16.1 Å². The lowest BCUT2D eigenvalue weighted by Crippen LogP contribution is -2.32. The fourth-order valence-corrected chi connectivity index (χ4v) is 2.93. The Hall–Kier alpha value is -2.99. The highest BCUT2D eigenvalue weighted by Crippen LogP contribution is 2.40. The van der Waals surface area contributed by atoms with Crippen molar-refractivity contribution in [1.29, 1.82) is 0 Å². The zero-order valence-corrected chi connectivity index (χ0v) is 16.2. The summed E-state index contributed by atoms with van der Waals surface area (Å²) in [4.78, 5) is 14.5. The van der Waals surface area contributed by atoms with Crippen molar-refractivity contribution in [1.82, 2.24) is 4.90 Å². The second kappa shape index (κ2) is 9.80. The number of carbonyl (C=O) groups excluding carboxylic acids is 1. The molecule has 28 heavy (non-hydrogen) atoms. The Balaban J connectivity index is 1.76. The van der Waals surface area contributed by atoms with E-state index in [4.69, 9.17) is 18.9 Å². The summed E-state index contributed by atoms with van der Waals surface area (Å²) >= 11 is 0. The quantitative estimate of drug-likeness (QED) is 0.656. The molecule has 1 amide bonds. The Kier molecular flexibility index (Phi) is 6.92. The van der Waals surface area contributed by atoms with Gasteiger partial charge in [0.15, 0.2) is 11.5 Å². The van der Waals surface area contributed by atoms with Gasteiger partial charge in [-0.05, 0) is 29.3 Å². The molecule has 0 unspecified atom stereocenters. The first-order valence-corrected chi connectivity index (χ1v) is 9.18. The standard InChI is InChI=1S/C22H25NO5/c1-25-11-10-23(16-17-6-4-3-5-7-17)21(24)9-8-18-14-19(26-2)22-20(15-18)27-12-13-28-22/h3-9,14-15H,10-13,16H2,1-2H3. The van der Waals surface area contributed by atoms with E-state index in [1.165, 1.54) is 0 Å². The Morgan fingerprint density at radius 3 is 2.68 bits per heavy atom. The van der Waals surface area contributed by atoms with E-state index in [2.05, 4.69) is 0 Å². The maximum atomic E-state index is 12.8. The normalized spacial score (nSPS) is 12.8. The number of ether oxygens (including phenoxy) is 4. The van der Waals surface area contributed by atoms with Crippen molar-refractivity contribution in [3.8, 4) is 17.2 Å². The largest absolute Gasteiger partial charge is 0.493 e. The predicted molar refractivity (Wildman–Crippen MR) is 107 cm³/mol. The van der Waals surface area contributed by atoms with Crippen LogP contribution in [-0.4, -0.2) is 51.4 Å². The van der Waals surface area contributed by atoms with Crippen molar-refractivity contribution in [2.24, 2.45) is 0 Å². The molecule has 0 aromatic heterocycles. The predicted octanol–water partition coefficient (Wildman–Crippen LogP) is 3.15. The van der Waals surface area contributed by atoms with E-state index >= 15 is 0 Å². The summed E-state index contributed by atoms with van der Waals surface area (Å²) < 4.78 is 21.8. The van der Waals surface area contributed by atoms with Crippen LogP contribution in [0.15, 0.2) is 48.5 Å². The molecule has 2 aromatic carbocycles. The SMILES string of the molecule is COCCN(Cc1ccccc1)C(=O)C=Cc1cc(OC)c2c(c1)OCCO2. The van der Waals surface area contributed by atoms with Crippen LogP contribution in [0.4, 0.5) is 0 Å². The molecule has 0 N–H and O–H groups in total. The molecule has 2 aromatic rings. The van der Waals surface area contributed by atoms with E-state index in [1.807, 2.05) is 42.5 Å². The van der Waals surface area contributed by atoms with Gasteiger partial charge in [-0.2, -0.15) is 0 Å². The fourth-order valence-electron chi connectivity index (χ4n) is 2.93. The summed E-state index contributed by atoms with van der Waals surface area (Å²) in [6.07, 6.45) is 3.32. The second-order valence-corrected chi connectivity index (χ2v) is 6.32. The molecular weight excluding hydrogens is 358 g/mol. The molecule has 0 fully saturated rings. The van der Waals surface area contributed by atoms with Gasteiger partial charge in [-0.1, -0.05) is 30.3 Å². The van der Waals surface area contributed by atoms with Crippen LogP contribution in [0, 0.1) is 0 Å². The average Bonchev–Trinajstić information content (AvgIpc) is 2.75. The van der Waals surface area contributed by atoms with Gasteiger partial charge in [0.05, 0.1) is 13.7 Å². The topological polar surface area (TPSA) is 57.2 Å². The minimum absolute atomic E-state index is 0.0882. The first-order chi connectivity index (χ1) is 13.7. The van der Waals surface area contributed by atoms with Crippen molar-refractivity contribution >= 4 is 12.0 Å². The fraction of sp³-hybridized carbons (Fsp3) is 0.318. The van der Waals surface area contributed by atoms with E-state index in [1.54, 1.807) is 31.3 Å². The van der Waals surface area contributed by atoms with Crippen LogP contribution in [0.3, 0.4) is 0 Å². The number of rotatable bonds is 8. The molecule has 148 valence electrons. The highest BCUT2D eigenvalue weighted by Gasteiger charge is 2.18. The first kappa shape index (κ1) is 19.8. The number of benzene rings is 2. The third-order valence-corrected chi connectivity index (χ3v) is 4.36. The number of nitrogens with zero attached hydrogens (tertiary/aromatic N) is 1. The van der Waals surface area contributed by atoms with Gasteiger partial charge in [-0.3, -0.25) is 4.79 Å². The van der Waals surface area contributed by atoms with Crippen LogP contribution in [0.25, 0.3) is 6.08 Å². The molecule has 1 aliphatic rings. The van der Waals surface area contributed by atoms with E-state index in [0.717, 1.165) is 11.1 Å². The number of hydrogen-bond acceptors (Lipinski definition) is 5. The monoisotopic (exact) mass is 383 g/mol. The third-order valence-electron chi connectivity index (χ3n) is 4.36. The summed E-state index contributed by atoms with van der Waals surface area (Å²) in [6.45, 7) is 2.50. The molecule has 3 rings (SSSR count). The number of methoxy groups -OCH3 is 2. The lowest BCUT2D eigenvalue weighted by molar-refractivity contribution is -0.127. The molecule has 0 saturated heterocycles. The van der Waals surface area contributed by atoms with Gasteiger partial charge in [0.25, 0.3) is 0 Å². The minimum atomic E-state index is -0.0882. The molecule has 0 radical (unpaired) electrons. The molecule has 0 saturated carbocycles. The molecule has 0 bridgehead atoms. The lowest BCUT2D eigenvalue weighted by atomic mass is 10.1. The number of amides is 1. The Bertz CT molecular complexity index is 802. The van der Waals surface area contributed by atoms with Gasteiger partial charge in [0.2, 0.25) is 11.7 Å². The molecule has 1 aliphatic heterocycles. The first-order valence-electron chi connectivity index (χ1n) is 9.18. The maximum Gasteiger partial charge on any atom is 0.246 e. The summed E-state index contributed by atoms with van der Waals surface area (Å²) in [6, 6.07) is 13.6. The van der Waals surface area contributed by atoms with Crippen LogP contribution in [0.1, 0.15) is 11.1 Å². The van der Waals surface area contributed by atoms with Crippen molar-refractivity contribution in [2.45, 2.75) is 6.54 Å². The van der Waals surface area contributed by atoms with Gasteiger partial charge in [-0.25, -0.2) is 0 Å². The van der Waals surface area contributed by atoms with Gasteiger partial charge in [-0.15, -0.1) is 0 Å². The van der Waals surface area contributed by atoms with E-state index in [0.29, 0.717) is 50.2 Å². The van der Waals surface area contributed by atoms with Crippen molar-refractivity contribution in [2.75, 3.05) is 40.6 Å². The summed E-state index contributed by atoms with van der Waals surface area (Å²) in [5.41, 5.74) is 1.88. The van der Waals surface area contributed by atoms with E-state index in [9.17, 15) is 4.79 Å². The molecule has 0 spiro atoms. The molecule has 1 heterocycles. The maximum absolute atomic E-state index is 12.8. The van der Waals surface area contributed by atoms with Gasteiger partial charge in [0.1, 0.15) is 13.2 Å². The van der Waals surface area contributed by atoms with Gasteiger partial charge < -0.3 is 23.8 Å². The summed E-state index contributed by atoms with van der Waals surface area (Å²) in [7, 11) is 3.21. The molecule has 6 nitrogen and oxygen atoms in total. The summed E-state index contributed by atoms with van der Waals surface area (Å²) in [5.74, 6) is 1.72. The van der Waals surface area contributed by atoms with Crippen LogP contribution in [0.2, 0.25) is 0 Å². The number of carbonyl (C=O) groups is 1. The Morgan fingerprint density at radius 1 is 1.14 bits per heavy atom. The Morgan fingerprint density at radius 2 is 1.93 bits per heavy atom. The van der Waals surface area contributed by atoms with Crippen LogP contribution in [0.5, 0.6) is 17.2 Å². The second-order valence-electron chi connectivity index (χ2n) is 6.32. The highest BCUT2D eigenvalue weighted by atomic mass is 16.6. The van der Waals surface area contributed by atoms with Crippen molar-refractivity contribution in [3.05, 3.63) is 59.7 Å².